The first-order valence-electron chi connectivity index (χ1n) is 9.41. The van der Waals surface area contributed by atoms with E-state index in [2.05, 4.69) is 26.8 Å². The van der Waals surface area contributed by atoms with Crippen LogP contribution in [-0.2, 0) is 4.79 Å². The molecule has 2 rings (SSSR count). The first kappa shape index (κ1) is 20.8. The number of rotatable bonds is 5. The highest BCUT2D eigenvalue weighted by Crippen LogP contribution is 2.23. The number of amides is 2. The van der Waals surface area contributed by atoms with Gasteiger partial charge in [-0.05, 0) is 50.1 Å². The summed E-state index contributed by atoms with van der Waals surface area (Å²) in [7, 11) is 0. The van der Waals surface area contributed by atoms with Crippen LogP contribution in [0.25, 0.3) is 0 Å². The van der Waals surface area contributed by atoms with Gasteiger partial charge in [-0.1, -0.05) is 25.5 Å². The largest absolute Gasteiger partial charge is 0.336 e. The zero-order valence-corrected chi connectivity index (χ0v) is 17.8. The van der Waals surface area contributed by atoms with Crippen LogP contribution in [0.1, 0.15) is 47.3 Å². The number of aryl methyl sites for hydroxylation is 2. The van der Waals surface area contributed by atoms with Crippen LogP contribution < -0.4 is 0 Å². The van der Waals surface area contributed by atoms with Crippen molar-refractivity contribution in [2.45, 2.75) is 47.1 Å². The Bertz CT molecular complexity index is 672. The summed E-state index contributed by atoms with van der Waals surface area (Å²) in [6, 6.07) is 4.20. The molecule has 4 nitrogen and oxygen atoms in total. The average Bonchev–Trinajstić information content (AvgIpc) is 2.61. The summed E-state index contributed by atoms with van der Waals surface area (Å²) in [6.07, 6.45) is 2.60. The molecule has 0 N–H and O–H groups in total. The van der Waals surface area contributed by atoms with Crippen LogP contribution in [0.5, 0.6) is 0 Å². The molecule has 144 valence electrons. The lowest BCUT2D eigenvalue weighted by Gasteiger charge is -2.43. The Hall–Kier alpha value is -1.49. The predicted octanol–water partition coefficient (Wildman–Crippen LogP) is 3.67. The highest BCUT2D eigenvalue weighted by Gasteiger charge is 2.34. The second-order valence-electron chi connectivity index (χ2n) is 7.65. The molecular weight excluding hydrogens is 344 g/mol. The molecule has 1 aliphatic rings. The summed E-state index contributed by atoms with van der Waals surface area (Å²) < 4.78 is 0. The minimum atomic E-state index is 0.0910. The number of carbonyl (C=O) groups is 2. The second-order valence-corrected chi connectivity index (χ2v) is 8.63. The van der Waals surface area contributed by atoms with Crippen molar-refractivity contribution in [1.29, 1.82) is 0 Å². The van der Waals surface area contributed by atoms with Crippen LogP contribution in [0.2, 0.25) is 0 Å². The minimum absolute atomic E-state index is 0.0910. The quantitative estimate of drug-likeness (QED) is 0.787. The SMILES string of the molecule is CSCCC(=O)N1CCN(C(=O)c2cc(C)cc(C)c2C)C[C@@H]1C(C)C. The van der Waals surface area contributed by atoms with E-state index in [1.54, 1.807) is 11.8 Å². The maximum atomic E-state index is 13.2. The van der Waals surface area contributed by atoms with Gasteiger partial charge in [-0.15, -0.1) is 0 Å². The molecule has 0 bridgehead atoms. The predicted molar refractivity (Wildman–Crippen MR) is 110 cm³/mol. The fourth-order valence-electron chi connectivity index (χ4n) is 3.64. The normalized spacial score (nSPS) is 17.7. The number of piperazine rings is 1. The van der Waals surface area contributed by atoms with Crippen molar-refractivity contribution in [2.24, 2.45) is 5.92 Å². The van der Waals surface area contributed by atoms with Gasteiger partial charge >= 0.3 is 0 Å². The zero-order valence-electron chi connectivity index (χ0n) is 17.0. The van der Waals surface area contributed by atoms with Crippen LogP contribution >= 0.6 is 11.8 Å². The molecule has 1 aliphatic heterocycles. The lowest BCUT2D eigenvalue weighted by molar-refractivity contribution is -0.136. The molecule has 0 radical (unpaired) electrons. The Labute approximate surface area is 162 Å². The van der Waals surface area contributed by atoms with Crippen molar-refractivity contribution in [3.8, 4) is 0 Å². The number of hydrogen-bond acceptors (Lipinski definition) is 3. The summed E-state index contributed by atoms with van der Waals surface area (Å²) in [5.74, 6) is 1.48. The molecule has 1 aromatic carbocycles. The fourth-order valence-corrected chi connectivity index (χ4v) is 4.02. The van der Waals surface area contributed by atoms with E-state index in [-0.39, 0.29) is 17.9 Å². The molecule has 2 amide bonds. The van der Waals surface area contributed by atoms with E-state index in [9.17, 15) is 9.59 Å². The van der Waals surface area contributed by atoms with Gasteiger partial charge in [-0.2, -0.15) is 11.8 Å². The second kappa shape index (κ2) is 8.94. The lowest BCUT2D eigenvalue weighted by Crippen LogP contribution is -2.58. The molecule has 1 fully saturated rings. The van der Waals surface area contributed by atoms with Crippen LogP contribution in [0.3, 0.4) is 0 Å². The third-order valence-electron chi connectivity index (χ3n) is 5.36. The monoisotopic (exact) mass is 376 g/mol. The van der Waals surface area contributed by atoms with Gasteiger partial charge < -0.3 is 9.80 Å². The standard InChI is InChI=1S/C21H32N2O2S/c1-14(2)19-13-22(8-9-23(19)20(24)7-10-26-6)21(25)18-12-15(3)11-16(4)17(18)5/h11-12,14,19H,7-10,13H2,1-6H3/t19-/m1/s1. The molecule has 0 aromatic heterocycles. The van der Waals surface area contributed by atoms with Gasteiger partial charge in [0.1, 0.15) is 0 Å². The van der Waals surface area contributed by atoms with Crippen molar-refractivity contribution in [2.75, 3.05) is 31.6 Å². The maximum Gasteiger partial charge on any atom is 0.254 e. The summed E-state index contributed by atoms with van der Waals surface area (Å²) in [6.45, 7) is 12.2. The van der Waals surface area contributed by atoms with Crippen molar-refractivity contribution >= 4 is 23.6 Å². The molecule has 1 saturated heterocycles. The first-order chi connectivity index (χ1) is 12.3. The maximum absolute atomic E-state index is 13.2. The van der Waals surface area contributed by atoms with Crippen LogP contribution in [0.15, 0.2) is 12.1 Å². The topological polar surface area (TPSA) is 40.6 Å². The highest BCUT2D eigenvalue weighted by atomic mass is 32.2. The molecule has 1 atom stereocenters. The number of nitrogens with zero attached hydrogens (tertiary/aromatic N) is 2. The van der Waals surface area contributed by atoms with Crippen molar-refractivity contribution in [3.05, 3.63) is 34.4 Å². The van der Waals surface area contributed by atoms with Gasteiger partial charge in [0, 0.05) is 37.4 Å². The highest BCUT2D eigenvalue weighted by molar-refractivity contribution is 7.98. The molecule has 0 saturated carbocycles. The minimum Gasteiger partial charge on any atom is -0.336 e. The molecule has 0 spiro atoms. The fraction of sp³-hybridized carbons (Fsp3) is 0.619. The zero-order chi connectivity index (χ0) is 19.4. The Morgan fingerprint density at radius 1 is 1.19 bits per heavy atom. The number of benzene rings is 1. The number of carbonyl (C=O) groups excluding carboxylic acids is 2. The van der Waals surface area contributed by atoms with Gasteiger partial charge in [0.15, 0.2) is 0 Å². The van der Waals surface area contributed by atoms with E-state index < -0.39 is 0 Å². The molecule has 26 heavy (non-hydrogen) atoms. The van der Waals surface area contributed by atoms with Gasteiger partial charge in [0.25, 0.3) is 5.91 Å². The van der Waals surface area contributed by atoms with E-state index in [4.69, 9.17) is 0 Å². The van der Waals surface area contributed by atoms with E-state index in [0.29, 0.717) is 32.0 Å². The van der Waals surface area contributed by atoms with Crippen molar-refractivity contribution in [1.82, 2.24) is 9.80 Å². The van der Waals surface area contributed by atoms with E-state index in [0.717, 1.165) is 28.0 Å². The third-order valence-corrected chi connectivity index (χ3v) is 5.97. The van der Waals surface area contributed by atoms with Crippen molar-refractivity contribution < 1.29 is 9.59 Å². The molecular formula is C21H32N2O2S. The average molecular weight is 377 g/mol. The summed E-state index contributed by atoms with van der Waals surface area (Å²) >= 11 is 1.70. The third kappa shape index (κ3) is 4.61. The lowest BCUT2D eigenvalue weighted by atomic mass is 9.96. The van der Waals surface area contributed by atoms with Gasteiger partial charge in [0.05, 0.1) is 6.04 Å². The van der Waals surface area contributed by atoms with Crippen LogP contribution in [0.4, 0.5) is 0 Å². The van der Waals surface area contributed by atoms with Crippen LogP contribution in [-0.4, -0.2) is 59.3 Å². The van der Waals surface area contributed by atoms with Crippen LogP contribution in [0, 0.1) is 26.7 Å². The number of thioether (sulfide) groups is 1. The molecule has 1 heterocycles. The Morgan fingerprint density at radius 3 is 2.50 bits per heavy atom. The molecule has 0 unspecified atom stereocenters. The smallest absolute Gasteiger partial charge is 0.254 e. The van der Waals surface area contributed by atoms with E-state index in [1.165, 1.54) is 0 Å². The molecule has 5 heteroatoms. The number of hydrogen-bond donors (Lipinski definition) is 0. The summed E-state index contributed by atoms with van der Waals surface area (Å²) in [4.78, 5) is 29.7. The van der Waals surface area contributed by atoms with E-state index in [1.807, 2.05) is 36.0 Å². The van der Waals surface area contributed by atoms with Gasteiger partial charge in [0.2, 0.25) is 5.91 Å². The first-order valence-corrected chi connectivity index (χ1v) is 10.8. The van der Waals surface area contributed by atoms with Gasteiger partial charge in [-0.3, -0.25) is 9.59 Å². The Balaban J connectivity index is 2.18. The molecule has 0 aliphatic carbocycles. The summed E-state index contributed by atoms with van der Waals surface area (Å²) in [5, 5.41) is 0. The van der Waals surface area contributed by atoms with Crippen molar-refractivity contribution in [3.63, 3.8) is 0 Å². The Morgan fingerprint density at radius 2 is 1.88 bits per heavy atom. The Kier molecular flexibility index (Phi) is 7.16. The summed E-state index contributed by atoms with van der Waals surface area (Å²) in [5.41, 5.74) is 4.12. The van der Waals surface area contributed by atoms with Gasteiger partial charge in [-0.25, -0.2) is 0 Å². The molecule has 1 aromatic rings. The van der Waals surface area contributed by atoms with E-state index >= 15 is 0 Å².